The van der Waals surface area contributed by atoms with Crippen LogP contribution in [0.2, 0.25) is 0 Å². The Labute approximate surface area is 121 Å². The molecule has 2 unspecified atom stereocenters. The van der Waals surface area contributed by atoms with Gasteiger partial charge in [-0.05, 0) is 23.5 Å². The highest BCUT2D eigenvalue weighted by Gasteiger charge is 2.22. The fourth-order valence-electron chi connectivity index (χ4n) is 2.60. The minimum absolute atomic E-state index is 0.191. The van der Waals surface area contributed by atoms with Crippen molar-refractivity contribution in [1.29, 1.82) is 0 Å². The van der Waals surface area contributed by atoms with Gasteiger partial charge >= 0.3 is 0 Å². The number of benzene rings is 1. The molecule has 0 spiro atoms. The number of rotatable bonds is 5. The van der Waals surface area contributed by atoms with Crippen molar-refractivity contribution in [2.45, 2.75) is 44.1 Å². The number of nitrogens with one attached hydrogen (secondary N) is 1. The third-order valence-electron chi connectivity index (χ3n) is 3.42. The Bertz CT molecular complexity index is 413. The lowest BCUT2D eigenvalue weighted by atomic mass is 9.89. The van der Waals surface area contributed by atoms with Crippen LogP contribution in [0, 0.1) is 5.41 Å². The van der Waals surface area contributed by atoms with Crippen LogP contribution in [0.5, 0.6) is 0 Å². The molecule has 106 valence electrons. The zero-order valence-electron chi connectivity index (χ0n) is 12.1. The van der Waals surface area contributed by atoms with Gasteiger partial charge in [0, 0.05) is 29.7 Å². The number of aliphatic hydroxyl groups excluding tert-OH is 1. The molecule has 1 aliphatic heterocycles. The molecule has 0 aromatic heterocycles. The van der Waals surface area contributed by atoms with E-state index in [1.807, 2.05) is 11.8 Å². The van der Waals surface area contributed by atoms with Gasteiger partial charge in [0.25, 0.3) is 0 Å². The zero-order valence-corrected chi connectivity index (χ0v) is 13.0. The minimum Gasteiger partial charge on any atom is -0.392 e. The molecule has 2 atom stereocenters. The molecule has 1 aromatic rings. The summed E-state index contributed by atoms with van der Waals surface area (Å²) >= 11 is 1.94. The van der Waals surface area contributed by atoms with Crippen LogP contribution >= 0.6 is 11.8 Å². The molecular weight excluding hydrogens is 254 g/mol. The second-order valence-electron chi connectivity index (χ2n) is 6.62. The fourth-order valence-corrected chi connectivity index (χ4v) is 3.86. The van der Waals surface area contributed by atoms with Gasteiger partial charge in [0.1, 0.15) is 0 Å². The lowest BCUT2D eigenvalue weighted by molar-refractivity contribution is 0.119. The maximum Gasteiger partial charge on any atom is 0.0669 e. The molecule has 19 heavy (non-hydrogen) atoms. The van der Waals surface area contributed by atoms with E-state index in [1.165, 1.54) is 10.5 Å². The highest BCUT2D eigenvalue weighted by Crippen LogP contribution is 2.38. The molecular formula is C16H25NOS. The van der Waals surface area contributed by atoms with Gasteiger partial charge in [0.15, 0.2) is 0 Å². The highest BCUT2D eigenvalue weighted by molar-refractivity contribution is 7.99. The fraction of sp³-hybridized carbons (Fsp3) is 0.625. The Morgan fingerprint density at radius 2 is 2.11 bits per heavy atom. The third-order valence-corrected chi connectivity index (χ3v) is 4.67. The predicted octanol–water partition coefficient (Wildman–Crippen LogP) is 3.26. The van der Waals surface area contributed by atoms with Gasteiger partial charge in [0.05, 0.1) is 6.10 Å². The first kappa shape index (κ1) is 14.9. The summed E-state index contributed by atoms with van der Waals surface area (Å²) in [5.74, 6) is 1.74. The predicted molar refractivity (Wildman–Crippen MR) is 82.9 cm³/mol. The molecule has 0 saturated heterocycles. The molecule has 1 aliphatic rings. The van der Waals surface area contributed by atoms with E-state index in [1.54, 1.807) is 0 Å². The molecule has 0 saturated carbocycles. The van der Waals surface area contributed by atoms with Crippen LogP contribution in [-0.4, -0.2) is 30.1 Å². The van der Waals surface area contributed by atoms with Gasteiger partial charge in [-0.3, -0.25) is 0 Å². The Hall–Kier alpha value is -0.510. The lowest BCUT2D eigenvalue weighted by Gasteiger charge is -2.23. The van der Waals surface area contributed by atoms with Crippen molar-refractivity contribution in [3.8, 4) is 0 Å². The van der Waals surface area contributed by atoms with Crippen molar-refractivity contribution in [1.82, 2.24) is 5.32 Å². The molecule has 1 aromatic carbocycles. The minimum atomic E-state index is -0.246. The lowest BCUT2D eigenvalue weighted by Crippen LogP contribution is -2.32. The number of hydrogen-bond acceptors (Lipinski definition) is 3. The Kier molecular flexibility index (Phi) is 4.93. The summed E-state index contributed by atoms with van der Waals surface area (Å²) in [4.78, 5) is 1.42. The summed E-state index contributed by atoms with van der Waals surface area (Å²) in [6.07, 6.45) is 0.597. The summed E-state index contributed by atoms with van der Waals surface area (Å²) in [6.45, 7) is 8.16. The number of aliphatic hydroxyl groups is 1. The van der Waals surface area contributed by atoms with Crippen molar-refractivity contribution in [3.05, 3.63) is 29.8 Å². The smallest absolute Gasteiger partial charge is 0.0669 e. The Morgan fingerprint density at radius 1 is 1.37 bits per heavy atom. The summed E-state index contributed by atoms with van der Waals surface area (Å²) in [6, 6.07) is 8.66. The Morgan fingerprint density at radius 3 is 2.84 bits per heavy atom. The molecule has 2 rings (SSSR count). The van der Waals surface area contributed by atoms with E-state index < -0.39 is 0 Å². The van der Waals surface area contributed by atoms with Gasteiger partial charge in [-0.15, -0.1) is 11.8 Å². The first-order valence-electron chi connectivity index (χ1n) is 7.06. The second-order valence-corrected chi connectivity index (χ2v) is 7.68. The average molecular weight is 279 g/mol. The summed E-state index contributed by atoms with van der Waals surface area (Å²) in [5, 5.41) is 13.4. The van der Waals surface area contributed by atoms with Crippen LogP contribution in [-0.2, 0) is 0 Å². The molecule has 0 amide bonds. The first-order valence-corrected chi connectivity index (χ1v) is 8.05. The van der Waals surface area contributed by atoms with Crippen LogP contribution in [0.3, 0.4) is 0 Å². The molecule has 0 radical (unpaired) electrons. The van der Waals surface area contributed by atoms with Crippen LogP contribution in [0.4, 0.5) is 0 Å². The molecule has 1 heterocycles. The van der Waals surface area contributed by atoms with E-state index in [9.17, 15) is 5.11 Å². The first-order chi connectivity index (χ1) is 8.96. The summed E-state index contributed by atoms with van der Waals surface area (Å²) in [7, 11) is 0. The normalized spacial score (nSPS) is 20.3. The van der Waals surface area contributed by atoms with E-state index in [-0.39, 0.29) is 11.5 Å². The van der Waals surface area contributed by atoms with Crippen molar-refractivity contribution in [3.63, 3.8) is 0 Å². The summed E-state index contributed by atoms with van der Waals surface area (Å²) in [5.41, 5.74) is 1.65. The second kappa shape index (κ2) is 6.29. The van der Waals surface area contributed by atoms with Crippen molar-refractivity contribution in [2.75, 3.05) is 18.8 Å². The molecule has 0 bridgehead atoms. The monoisotopic (exact) mass is 279 g/mol. The maximum atomic E-state index is 9.99. The van der Waals surface area contributed by atoms with Gasteiger partial charge in [0.2, 0.25) is 0 Å². The zero-order chi connectivity index (χ0) is 13.9. The summed E-state index contributed by atoms with van der Waals surface area (Å²) < 4.78 is 0. The molecule has 2 nitrogen and oxygen atoms in total. The van der Waals surface area contributed by atoms with Crippen molar-refractivity contribution < 1.29 is 5.11 Å². The largest absolute Gasteiger partial charge is 0.392 e. The SMILES string of the molecule is CC(C)(C)CC(O)CNCC1CSc2ccccc21. The van der Waals surface area contributed by atoms with Gasteiger partial charge in [-0.25, -0.2) is 0 Å². The van der Waals surface area contributed by atoms with Crippen molar-refractivity contribution >= 4 is 11.8 Å². The third kappa shape index (κ3) is 4.51. The molecule has 2 N–H and O–H groups in total. The number of thioether (sulfide) groups is 1. The standard InChI is InChI=1S/C16H25NOS/c1-16(2,3)8-13(18)10-17-9-12-11-19-15-7-5-4-6-14(12)15/h4-7,12-13,17-18H,8-11H2,1-3H3. The number of hydrogen-bond donors (Lipinski definition) is 2. The van der Waals surface area contributed by atoms with Crippen LogP contribution in [0.25, 0.3) is 0 Å². The molecule has 0 aliphatic carbocycles. The molecule has 3 heteroatoms. The van der Waals surface area contributed by atoms with Crippen LogP contribution in [0.15, 0.2) is 29.2 Å². The van der Waals surface area contributed by atoms with E-state index in [0.717, 1.165) is 18.7 Å². The quantitative estimate of drug-likeness (QED) is 0.867. The topological polar surface area (TPSA) is 32.3 Å². The van der Waals surface area contributed by atoms with Crippen LogP contribution in [0.1, 0.15) is 38.7 Å². The maximum absolute atomic E-state index is 9.99. The van der Waals surface area contributed by atoms with E-state index >= 15 is 0 Å². The van der Waals surface area contributed by atoms with E-state index in [2.05, 4.69) is 50.4 Å². The average Bonchev–Trinajstić information content (AvgIpc) is 2.70. The number of fused-ring (bicyclic) bond motifs is 1. The highest BCUT2D eigenvalue weighted by atomic mass is 32.2. The van der Waals surface area contributed by atoms with Gasteiger partial charge in [-0.2, -0.15) is 0 Å². The van der Waals surface area contributed by atoms with E-state index in [4.69, 9.17) is 0 Å². The van der Waals surface area contributed by atoms with E-state index in [0.29, 0.717) is 12.5 Å². The van der Waals surface area contributed by atoms with Crippen LogP contribution < -0.4 is 5.32 Å². The van der Waals surface area contributed by atoms with Gasteiger partial charge in [-0.1, -0.05) is 39.0 Å². The van der Waals surface area contributed by atoms with Crippen molar-refractivity contribution in [2.24, 2.45) is 5.41 Å². The molecule has 0 fully saturated rings. The van der Waals surface area contributed by atoms with Gasteiger partial charge < -0.3 is 10.4 Å². The Balaban J connectivity index is 1.76.